The summed E-state index contributed by atoms with van der Waals surface area (Å²) in [6.45, 7) is 1.97. The van der Waals surface area contributed by atoms with Crippen molar-refractivity contribution in [2.75, 3.05) is 5.32 Å². The Hall–Kier alpha value is -2.66. The van der Waals surface area contributed by atoms with Crippen LogP contribution in [0.1, 0.15) is 15.4 Å². The highest BCUT2D eigenvalue weighted by atomic mass is 32.1. The van der Waals surface area contributed by atoms with Crippen molar-refractivity contribution in [2.45, 2.75) is 6.92 Å². The lowest BCUT2D eigenvalue weighted by molar-refractivity contribution is 0.102. The van der Waals surface area contributed by atoms with Gasteiger partial charge in [0.25, 0.3) is 5.91 Å². The van der Waals surface area contributed by atoms with Crippen molar-refractivity contribution in [1.29, 1.82) is 0 Å². The van der Waals surface area contributed by atoms with Crippen LogP contribution >= 0.6 is 11.3 Å². The molecule has 4 nitrogen and oxygen atoms in total. The monoisotopic (exact) mass is 307 g/mol. The highest BCUT2D eigenvalue weighted by molar-refractivity contribution is 7.18. The predicted octanol–water partition coefficient (Wildman–Crippen LogP) is 4.34. The number of hydrogen-bond donors (Lipinski definition) is 2. The second-order valence-corrected chi connectivity index (χ2v) is 6.38. The Balaban J connectivity index is 1.64. The summed E-state index contributed by atoms with van der Waals surface area (Å²) in [6, 6.07) is 13.4. The number of H-pyrrole nitrogens is 1. The summed E-state index contributed by atoms with van der Waals surface area (Å²) in [4.78, 5) is 20.0. The maximum Gasteiger partial charge on any atom is 0.255 e. The number of aromatic nitrogens is 2. The molecule has 2 aromatic heterocycles. The van der Waals surface area contributed by atoms with Crippen molar-refractivity contribution in [3.8, 4) is 0 Å². The van der Waals surface area contributed by atoms with Crippen molar-refractivity contribution < 1.29 is 4.79 Å². The van der Waals surface area contributed by atoms with Crippen molar-refractivity contribution in [3.63, 3.8) is 0 Å². The molecule has 2 aromatic carbocycles. The van der Waals surface area contributed by atoms with E-state index in [-0.39, 0.29) is 5.91 Å². The van der Waals surface area contributed by atoms with E-state index in [4.69, 9.17) is 0 Å². The highest BCUT2D eigenvalue weighted by Crippen LogP contribution is 2.23. The minimum absolute atomic E-state index is 0.112. The zero-order chi connectivity index (χ0) is 15.1. The van der Waals surface area contributed by atoms with E-state index >= 15 is 0 Å². The van der Waals surface area contributed by atoms with Crippen molar-refractivity contribution in [3.05, 3.63) is 59.2 Å². The lowest BCUT2D eigenvalue weighted by atomic mass is 10.2. The Morgan fingerprint density at radius 1 is 1.18 bits per heavy atom. The van der Waals surface area contributed by atoms with E-state index in [1.807, 2.05) is 55.6 Å². The number of hydrogen-bond acceptors (Lipinski definition) is 3. The molecule has 2 heterocycles. The van der Waals surface area contributed by atoms with E-state index in [9.17, 15) is 4.79 Å². The quantitative estimate of drug-likeness (QED) is 0.579. The van der Waals surface area contributed by atoms with Gasteiger partial charge in [0.15, 0.2) is 0 Å². The summed E-state index contributed by atoms with van der Waals surface area (Å²) in [5.41, 5.74) is 3.36. The van der Waals surface area contributed by atoms with Crippen LogP contribution in [0, 0.1) is 6.92 Å². The summed E-state index contributed by atoms with van der Waals surface area (Å²) in [5.74, 6) is -0.112. The molecule has 0 unspecified atom stereocenters. The summed E-state index contributed by atoms with van der Waals surface area (Å²) < 4.78 is 1.03. The normalized spacial score (nSPS) is 11.1. The Labute approximate surface area is 130 Å². The molecule has 0 saturated heterocycles. The van der Waals surface area contributed by atoms with Gasteiger partial charge >= 0.3 is 0 Å². The van der Waals surface area contributed by atoms with Gasteiger partial charge in [-0.1, -0.05) is 6.07 Å². The van der Waals surface area contributed by atoms with Crippen molar-refractivity contribution in [1.82, 2.24) is 9.97 Å². The van der Waals surface area contributed by atoms with E-state index in [0.29, 0.717) is 5.56 Å². The maximum absolute atomic E-state index is 12.4. The molecule has 0 atom stereocenters. The Kier molecular flexibility index (Phi) is 2.94. The third-order valence-corrected chi connectivity index (χ3v) is 4.50. The molecule has 1 amide bonds. The number of thiazole rings is 1. The first kappa shape index (κ1) is 13.0. The van der Waals surface area contributed by atoms with Crippen molar-refractivity contribution >= 4 is 44.1 Å². The van der Waals surface area contributed by atoms with Crippen LogP contribution in [0.4, 0.5) is 5.69 Å². The standard InChI is InChI=1S/C17H13N3OS/c1-10-19-14-5-3-12(8-16(14)22-10)17(21)20-13-4-2-11-6-7-18-15(11)9-13/h2-9,18H,1H3,(H,20,21). The van der Waals surface area contributed by atoms with E-state index < -0.39 is 0 Å². The van der Waals surface area contributed by atoms with Gasteiger partial charge in [0.2, 0.25) is 0 Å². The molecule has 0 saturated carbocycles. The second kappa shape index (κ2) is 4.96. The molecular formula is C17H13N3OS. The van der Waals surface area contributed by atoms with Crippen LogP contribution < -0.4 is 5.32 Å². The van der Waals surface area contributed by atoms with Gasteiger partial charge in [-0.2, -0.15) is 0 Å². The Morgan fingerprint density at radius 2 is 2.09 bits per heavy atom. The van der Waals surface area contributed by atoms with Crippen LogP contribution in [0.2, 0.25) is 0 Å². The Morgan fingerprint density at radius 3 is 3.00 bits per heavy atom. The average Bonchev–Trinajstić information content (AvgIpc) is 3.10. The number of carbonyl (C=O) groups is 1. The van der Waals surface area contributed by atoms with Gasteiger partial charge in [-0.25, -0.2) is 4.98 Å². The molecule has 0 aliphatic heterocycles. The van der Waals surface area contributed by atoms with Gasteiger partial charge < -0.3 is 10.3 Å². The van der Waals surface area contributed by atoms with Crippen LogP contribution in [0.25, 0.3) is 21.1 Å². The third kappa shape index (κ3) is 2.25. The second-order valence-electron chi connectivity index (χ2n) is 5.15. The molecule has 0 aliphatic carbocycles. The van der Waals surface area contributed by atoms with Crippen LogP contribution in [0.15, 0.2) is 48.7 Å². The topological polar surface area (TPSA) is 57.8 Å². The number of carbonyl (C=O) groups excluding carboxylic acids is 1. The van der Waals surface area contributed by atoms with Gasteiger partial charge in [-0.05, 0) is 48.7 Å². The number of amides is 1. The molecular weight excluding hydrogens is 294 g/mol. The lowest BCUT2D eigenvalue weighted by Crippen LogP contribution is -2.11. The number of anilines is 1. The lowest BCUT2D eigenvalue weighted by Gasteiger charge is -2.05. The van der Waals surface area contributed by atoms with Crippen molar-refractivity contribution in [2.24, 2.45) is 0 Å². The summed E-state index contributed by atoms with van der Waals surface area (Å²) in [7, 11) is 0. The van der Waals surface area contributed by atoms with Crippen LogP contribution in [0.3, 0.4) is 0 Å². The summed E-state index contributed by atoms with van der Waals surface area (Å²) >= 11 is 1.60. The Bertz CT molecular complexity index is 999. The van der Waals surface area contributed by atoms with Gasteiger partial charge in [-0.15, -0.1) is 11.3 Å². The fourth-order valence-electron chi connectivity index (χ4n) is 2.51. The maximum atomic E-state index is 12.4. The molecule has 0 fully saturated rings. The zero-order valence-electron chi connectivity index (χ0n) is 11.9. The molecule has 4 aromatic rings. The van der Waals surface area contributed by atoms with Gasteiger partial charge in [-0.3, -0.25) is 4.79 Å². The smallest absolute Gasteiger partial charge is 0.255 e. The SMILES string of the molecule is Cc1nc2ccc(C(=O)Nc3ccc4cc[nH]c4c3)cc2s1. The number of aromatic amines is 1. The number of fused-ring (bicyclic) bond motifs is 2. The molecule has 2 N–H and O–H groups in total. The minimum Gasteiger partial charge on any atom is -0.361 e. The van der Waals surface area contributed by atoms with Gasteiger partial charge in [0, 0.05) is 23.0 Å². The first-order valence-corrected chi connectivity index (χ1v) is 7.76. The molecule has 0 spiro atoms. The number of nitrogens with zero attached hydrogens (tertiary/aromatic N) is 1. The predicted molar refractivity (Wildman–Crippen MR) is 90.6 cm³/mol. The molecule has 0 aliphatic rings. The molecule has 108 valence electrons. The molecule has 5 heteroatoms. The number of rotatable bonds is 2. The highest BCUT2D eigenvalue weighted by Gasteiger charge is 2.09. The van der Waals surface area contributed by atoms with Crippen LogP contribution in [0.5, 0.6) is 0 Å². The molecule has 0 bridgehead atoms. The first-order chi connectivity index (χ1) is 10.7. The number of nitrogens with one attached hydrogen (secondary N) is 2. The van der Waals surface area contributed by atoms with Gasteiger partial charge in [0.1, 0.15) is 0 Å². The first-order valence-electron chi connectivity index (χ1n) is 6.95. The van der Waals surface area contributed by atoms with Crippen LogP contribution in [-0.2, 0) is 0 Å². The molecule has 4 rings (SSSR count). The van der Waals surface area contributed by atoms with E-state index in [2.05, 4.69) is 15.3 Å². The fraction of sp³-hybridized carbons (Fsp3) is 0.0588. The van der Waals surface area contributed by atoms with Gasteiger partial charge in [0.05, 0.1) is 15.2 Å². The third-order valence-electron chi connectivity index (χ3n) is 3.57. The largest absolute Gasteiger partial charge is 0.361 e. The zero-order valence-corrected chi connectivity index (χ0v) is 12.7. The van der Waals surface area contributed by atoms with E-state index in [1.54, 1.807) is 11.3 Å². The van der Waals surface area contributed by atoms with E-state index in [0.717, 1.165) is 31.8 Å². The van der Waals surface area contributed by atoms with E-state index in [1.165, 1.54) is 0 Å². The summed E-state index contributed by atoms with van der Waals surface area (Å²) in [5, 5.41) is 5.07. The van der Waals surface area contributed by atoms with Crippen LogP contribution in [-0.4, -0.2) is 15.9 Å². The number of benzene rings is 2. The fourth-order valence-corrected chi connectivity index (χ4v) is 3.38. The molecule has 0 radical (unpaired) electrons. The molecule has 22 heavy (non-hydrogen) atoms. The number of aryl methyl sites for hydroxylation is 1. The summed E-state index contributed by atoms with van der Waals surface area (Å²) in [6.07, 6.45) is 1.89. The minimum atomic E-state index is -0.112. The average molecular weight is 307 g/mol.